The standard InChI is InChI=1S/C16H19NS/c1-17-15(14-9-5-12-18-14)16(10-6-11-16)13-7-3-2-4-8-13/h2-5,7-9,12,15,17H,6,10-11H2,1H3. The molecule has 1 atom stereocenters. The van der Waals surface area contributed by atoms with Gasteiger partial charge in [-0.25, -0.2) is 0 Å². The normalized spacial score (nSPS) is 19.2. The Bertz CT molecular complexity index is 485. The molecule has 0 amide bonds. The third-order valence-corrected chi connectivity index (χ3v) is 5.20. The van der Waals surface area contributed by atoms with E-state index in [4.69, 9.17) is 0 Å². The van der Waals surface area contributed by atoms with Gasteiger partial charge in [0, 0.05) is 10.3 Å². The van der Waals surface area contributed by atoms with Gasteiger partial charge in [-0.05, 0) is 36.9 Å². The zero-order chi connectivity index (χ0) is 12.4. The van der Waals surface area contributed by atoms with Gasteiger partial charge in [-0.3, -0.25) is 0 Å². The molecule has 1 aliphatic rings. The largest absolute Gasteiger partial charge is 0.312 e. The predicted octanol–water partition coefficient (Wildman–Crippen LogP) is 4.13. The molecule has 0 spiro atoms. The Morgan fingerprint density at radius 1 is 1.11 bits per heavy atom. The molecule has 2 heteroatoms. The van der Waals surface area contributed by atoms with Gasteiger partial charge in [-0.15, -0.1) is 11.3 Å². The van der Waals surface area contributed by atoms with Crippen molar-refractivity contribution in [1.29, 1.82) is 0 Å². The van der Waals surface area contributed by atoms with E-state index in [1.807, 2.05) is 11.3 Å². The predicted molar refractivity (Wildman–Crippen MR) is 78.1 cm³/mol. The van der Waals surface area contributed by atoms with Crippen LogP contribution in [-0.4, -0.2) is 7.05 Å². The maximum atomic E-state index is 3.56. The van der Waals surface area contributed by atoms with E-state index in [9.17, 15) is 0 Å². The molecule has 1 aromatic heterocycles. The van der Waals surface area contributed by atoms with Crippen LogP contribution in [0.2, 0.25) is 0 Å². The highest BCUT2D eigenvalue weighted by Gasteiger charge is 2.45. The van der Waals surface area contributed by atoms with Gasteiger partial charge in [0.25, 0.3) is 0 Å². The summed E-state index contributed by atoms with van der Waals surface area (Å²) < 4.78 is 0. The summed E-state index contributed by atoms with van der Waals surface area (Å²) in [7, 11) is 2.09. The minimum atomic E-state index is 0.306. The molecule has 0 radical (unpaired) electrons. The van der Waals surface area contributed by atoms with Crippen molar-refractivity contribution in [1.82, 2.24) is 5.32 Å². The summed E-state index contributed by atoms with van der Waals surface area (Å²) >= 11 is 1.86. The third kappa shape index (κ3) is 1.80. The van der Waals surface area contributed by atoms with Crippen molar-refractivity contribution in [2.75, 3.05) is 7.05 Å². The summed E-state index contributed by atoms with van der Waals surface area (Å²) in [5.74, 6) is 0. The fourth-order valence-electron chi connectivity index (χ4n) is 3.22. The molecule has 1 heterocycles. The van der Waals surface area contributed by atoms with E-state index < -0.39 is 0 Å². The number of hydrogen-bond acceptors (Lipinski definition) is 2. The van der Waals surface area contributed by atoms with Gasteiger partial charge in [0.2, 0.25) is 0 Å². The fourth-order valence-corrected chi connectivity index (χ4v) is 4.17. The summed E-state index contributed by atoms with van der Waals surface area (Å²) in [5.41, 5.74) is 1.80. The maximum Gasteiger partial charge on any atom is 0.0510 e. The quantitative estimate of drug-likeness (QED) is 0.868. The number of thiophene rings is 1. The zero-order valence-corrected chi connectivity index (χ0v) is 11.5. The second-order valence-electron chi connectivity index (χ2n) is 5.11. The van der Waals surface area contributed by atoms with Gasteiger partial charge in [-0.1, -0.05) is 42.8 Å². The molecule has 1 unspecified atom stereocenters. The second kappa shape index (κ2) is 4.87. The summed E-state index contributed by atoms with van der Waals surface area (Å²) in [5, 5.41) is 5.73. The first kappa shape index (κ1) is 11.9. The van der Waals surface area contributed by atoms with Gasteiger partial charge in [0.1, 0.15) is 0 Å². The van der Waals surface area contributed by atoms with Crippen molar-refractivity contribution in [2.45, 2.75) is 30.7 Å². The fraction of sp³-hybridized carbons (Fsp3) is 0.375. The van der Waals surface area contributed by atoms with E-state index in [2.05, 4.69) is 60.2 Å². The van der Waals surface area contributed by atoms with Crippen LogP contribution in [0.5, 0.6) is 0 Å². The molecule has 1 nitrogen and oxygen atoms in total. The van der Waals surface area contributed by atoms with Crippen LogP contribution in [0.1, 0.15) is 35.7 Å². The lowest BCUT2D eigenvalue weighted by Gasteiger charge is -2.48. The molecule has 1 aromatic carbocycles. The number of rotatable bonds is 4. The number of likely N-dealkylation sites (N-methyl/N-ethyl adjacent to an activating group) is 1. The molecule has 1 aliphatic carbocycles. The van der Waals surface area contributed by atoms with Crippen LogP contribution in [0.25, 0.3) is 0 Å². The Morgan fingerprint density at radius 3 is 2.39 bits per heavy atom. The van der Waals surface area contributed by atoms with Crippen LogP contribution in [0, 0.1) is 0 Å². The minimum Gasteiger partial charge on any atom is -0.312 e. The monoisotopic (exact) mass is 257 g/mol. The van der Waals surface area contributed by atoms with Crippen molar-refractivity contribution in [3.63, 3.8) is 0 Å². The lowest BCUT2D eigenvalue weighted by Crippen LogP contribution is -2.45. The summed E-state index contributed by atoms with van der Waals surface area (Å²) in [6.07, 6.45) is 3.93. The minimum absolute atomic E-state index is 0.306. The first-order valence-corrected chi connectivity index (χ1v) is 7.51. The molecule has 3 rings (SSSR count). The molecule has 1 fully saturated rings. The second-order valence-corrected chi connectivity index (χ2v) is 6.09. The molecule has 0 bridgehead atoms. The summed E-state index contributed by atoms with van der Waals surface area (Å²) in [4.78, 5) is 1.46. The van der Waals surface area contributed by atoms with Gasteiger partial charge >= 0.3 is 0 Å². The number of hydrogen-bond donors (Lipinski definition) is 1. The number of nitrogens with one attached hydrogen (secondary N) is 1. The summed E-state index contributed by atoms with van der Waals surface area (Å²) in [6.45, 7) is 0. The van der Waals surface area contributed by atoms with Gasteiger partial charge in [0.05, 0.1) is 6.04 Å². The smallest absolute Gasteiger partial charge is 0.0510 e. The van der Waals surface area contributed by atoms with Crippen molar-refractivity contribution >= 4 is 11.3 Å². The van der Waals surface area contributed by atoms with Crippen LogP contribution in [-0.2, 0) is 5.41 Å². The van der Waals surface area contributed by atoms with Crippen molar-refractivity contribution in [3.05, 3.63) is 58.3 Å². The molecule has 0 saturated heterocycles. The molecule has 1 saturated carbocycles. The highest BCUT2D eigenvalue weighted by Crippen LogP contribution is 2.52. The molecule has 2 aromatic rings. The zero-order valence-electron chi connectivity index (χ0n) is 10.7. The Kier molecular flexibility index (Phi) is 3.23. The van der Waals surface area contributed by atoms with Crippen LogP contribution in [0.15, 0.2) is 47.8 Å². The van der Waals surface area contributed by atoms with Crippen LogP contribution < -0.4 is 5.32 Å². The van der Waals surface area contributed by atoms with Gasteiger partial charge < -0.3 is 5.32 Å². The Hall–Kier alpha value is -1.12. The van der Waals surface area contributed by atoms with E-state index in [0.29, 0.717) is 11.5 Å². The Labute approximate surface area is 113 Å². The SMILES string of the molecule is CNC(c1cccs1)C1(c2ccccc2)CCC1. The molecule has 94 valence electrons. The third-order valence-electron chi connectivity index (χ3n) is 4.26. The van der Waals surface area contributed by atoms with Crippen LogP contribution in [0.3, 0.4) is 0 Å². The van der Waals surface area contributed by atoms with Crippen LogP contribution >= 0.6 is 11.3 Å². The summed E-state index contributed by atoms with van der Waals surface area (Å²) in [6, 6.07) is 15.9. The lowest BCUT2D eigenvalue weighted by atomic mass is 9.60. The van der Waals surface area contributed by atoms with E-state index in [1.165, 1.54) is 29.7 Å². The molecule has 1 N–H and O–H groups in total. The average molecular weight is 257 g/mol. The first-order valence-electron chi connectivity index (χ1n) is 6.63. The van der Waals surface area contributed by atoms with E-state index >= 15 is 0 Å². The van der Waals surface area contributed by atoms with E-state index in [0.717, 1.165) is 0 Å². The number of benzene rings is 1. The molecule has 18 heavy (non-hydrogen) atoms. The maximum absolute atomic E-state index is 3.56. The lowest BCUT2D eigenvalue weighted by molar-refractivity contribution is 0.178. The Balaban J connectivity index is 2.01. The molecular formula is C16H19NS. The van der Waals surface area contributed by atoms with Gasteiger partial charge in [0.15, 0.2) is 0 Å². The first-order chi connectivity index (χ1) is 8.87. The Morgan fingerprint density at radius 2 is 1.89 bits per heavy atom. The van der Waals surface area contributed by atoms with Crippen molar-refractivity contribution < 1.29 is 0 Å². The van der Waals surface area contributed by atoms with E-state index in [-0.39, 0.29) is 0 Å². The highest BCUT2D eigenvalue weighted by atomic mass is 32.1. The molecule has 0 aliphatic heterocycles. The van der Waals surface area contributed by atoms with Crippen molar-refractivity contribution in [3.8, 4) is 0 Å². The van der Waals surface area contributed by atoms with Crippen LogP contribution in [0.4, 0.5) is 0 Å². The molecular weight excluding hydrogens is 238 g/mol. The van der Waals surface area contributed by atoms with Gasteiger partial charge in [-0.2, -0.15) is 0 Å². The highest BCUT2D eigenvalue weighted by molar-refractivity contribution is 7.10. The van der Waals surface area contributed by atoms with E-state index in [1.54, 1.807) is 0 Å². The van der Waals surface area contributed by atoms with Crippen molar-refractivity contribution in [2.24, 2.45) is 0 Å². The topological polar surface area (TPSA) is 12.0 Å². The average Bonchev–Trinajstić information content (AvgIpc) is 2.88.